The quantitative estimate of drug-likeness (QED) is 0.567. The molecular formula is C9H19N3O. The van der Waals surface area contributed by atoms with Gasteiger partial charge in [-0.3, -0.25) is 10.7 Å². The molecule has 4 nitrogen and oxygen atoms in total. The molecule has 0 saturated carbocycles. The summed E-state index contributed by atoms with van der Waals surface area (Å²) in [6, 6.07) is 0.752. The number of hydrogen-bond donors (Lipinski definition) is 1. The highest BCUT2D eigenvalue weighted by molar-refractivity contribution is 4.78. The number of ether oxygens (including phenoxy) is 1. The first-order valence-electron chi connectivity index (χ1n) is 5.18. The van der Waals surface area contributed by atoms with Crippen LogP contribution in [0.15, 0.2) is 0 Å². The van der Waals surface area contributed by atoms with Gasteiger partial charge in [0, 0.05) is 45.4 Å². The highest BCUT2D eigenvalue weighted by Crippen LogP contribution is 2.15. The predicted octanol–water partition coefficient (Wildman–Crippen LogP) is -0.343. The van der Waals surface area contributed by atoms with Crippen molar-refractivity contribution in [2.75, 3.05) is 39.4 Å². The first-order chi connectivity index (χ1) is 6.36. The first kappa shape index (κ1) is 9.40. The van der Waals surface area contributed by atoms with Crippen molar-refractivity contribution in [2.45, 2.75) is 18.9 Å². The van der Waals surface area contributed by atoms with E-state index < -0.39 is 0 Å². The Morgan fingerprint density at radius 1 is 1.00 bits per heavy atom. The van der Waals surface area contributed by atoms with E-state index in [2.05, 4.69) is 4.90 Å². The number of hydrazine groups is 1. The molecule has 76 valence electrons. The van der Waals surface area contributed by atoms with Gasteiger partial charge in [0.1, 0.15) is 0 Å². The number of piperazine rings is 1. The summed E-state index contributed by atoms with van der Waals surface area (Å²) >= 11 is 0. The third kappa shape index (κ3) is 2.40. The van der Waals surface area contributed by atoms with Crippen LogP contribution < -0.4 is 5.84 Å². The van der Waals surface area contributed by atoms with E-state index in [-0.39, 0.29) is 0 Å². The van der Waals surface area contributed by atoms with Gasteiger partial charge in [0.05, 0.1) is 0 Å². The van der Waals surface area contributed by atoms with E-state index in [1.165, 1.54) is 12.8 Å². The van der Waals surface area contributed by atoms with Gasteiger partial charge in [0.2, 0.25) is 0 Å². The van der Waals surface area contributed by atoms with Crippen LogP contribution in [0.2, 0.25) is 0 Å². The summed E-state index contributed by atoms with van der Waals surface area (Å²) in [4.78, 5) is 2.56. The van der Waals surface area contributed by atoms with Crippen LogP contribution in [-0.4, -0.2) is 55.3 Å². The number of nitrogens with two attached hydrogens (primary N) is 1. The molecule has 2 N–H and O–H groups in total. The molecule has 2 heterocycles. The van der Waals surface area contributed by atoms with Gasteiger partial charge in [-0.1, -0.05) is 0 Å². The second-order valence-corrected chi connectivity index (χ2v) is 3.92. The first-order valence-corrected chi connectivity index (χ1v) is 5.18. The molecule has 0 aromatic rings. The summed E-state index contributed by atoms with van der Waals surface area (Å²) in [5, 5.41) is 1.91. The Morgan fingerprint density at radius 3 is 2.23 bits per heavy atom. The van der Waals surface area contributed by atoms with Crippen molar-refractivity contribution in [3.05, 3.63) is 0 Å². The van der Waals surface area contributed by atoms with Crippen LogP contribution in [0.25, 0.3) is 0 Å². The fraction of sp³-hybridized carbons (Fsp3) is 1.00. The van der Waals surface area contributed by atoms with Crippen LogP contribution in [0.4, 0.5) is 0 Å². The molecule has 2 saturated heterocycles. The molecule has 0 aromatic carbocycles. The normalized spacial score (nSPS) is 29.3. The second-order valence-electron chi connectivity index (χ2n) is 3.92. The monoisotopic (exact) mass is 185 g/mol. The molecule has 0 aliphatic carbocycles. The number of hydrogen-bond acceptors (Lipinski definition) is 4. The smallest absolute Gasteiger partial charge is 0.0480 e. The molecule has 0 aromatic heterocycles. The van der Waals surface area contributed by atoms with Crippen molar-refractivity contribution in [1.29, 1.82) is 0 Å². The Bertz CT molecular complexity index is 151. The average Bonchev–Trinajstić information content (AvgIpc) is 2.20. The maximum Gasteiger partial charge on any atom is 0.0480 e. The summed E-state index contributed by atoms with van der Waals surface area (Å²) in [5.74, 6) is 5.71. The van der Waals surface area contributed by atoms with Gasteiger partial charge in [-0.15, -0.1) is 0 Å². The van der Waals surface area contributed by atoms with Crippen molar-refractivity contribution in [3.63, 3.8) is 0 Å². The average molecular weight is 185 g/mol. The molecule has 13 heavy (non-hydrogen) atoms. The predicted molar refractivity (Wildman–Crippen MR) is 51.2 cm³/mol. The summed E-state index contributed by atoms with van der Waals surface area (Å²) < 4.78 is 5.35. The van der Waals surface area contributed by atoms with Crippen LogP contribution in [0.3, 0.4) is 0 Å². The van der Waals surface area contributed by atoms with E-state index in [1.807, 2.05) is 5.01 Å². The maximum absolute atomic E-state index is 5.71. The number of nitrogens with zero attached hydrogens (tertiary/aromatic N) is 2. The lowest BCUT2D eigenvalue weighted by Crippen LogP contribution is -2.53. The van der Waals surface area contributed by atoms with E-state index >= 15 is 0 Å². The molecule has 2 rings (SSSR count). The maximum atomic E-state index is 5.71. The minimum atomic E-state index is 0.752. The van der Waals surface area contributed by atoms with Crippen molar-refractivity contribution >= 4 is 0 Å². The van der Waals surface area contributed by atoms with Gasteiger partial charge in [-0.2, -0.15) is 0 Å². The zero-order chi connectivity index (χ0) is 9.10. The van der Waals surface area contributed by atoms with Crippen molar-refractivity contribution in [1.82, 2.24) is 9.91 Å². The molecule has 0 unspecified atom stereocenters. The van der Waals surface area contributed by atoms with Crippen molar-refractivity contribution in [2.24, 2.45) is 5.84 Å². The minimum absolute atomic E-state index is 0.752. The fourth-order valence-electron chi connectivity index (χ4n) is 2.15. The lowest BCUT2D eigenvalue weighted by atomic mass is 10.1. The molecule has 0 atom stereocenters. The standard InChI is InChI=1S/C9H19N3O/c10-12-5-3-11(4-6-12)9-1-7-13-8-2-9/h9H,1-8,10H2. The Kier molecular flexibility index (Phi) is 3.16. The number of rotatable bonds is 1. The topological polar surface area (TPSA) is 41.7 Å². The Hall–Kier alpha value is -0.160. The van der Waals surface area contributed by atoms with E-state index in [1.54, 1.807) is 0 Å². The van der Waals surface area contributed by atoms with Crippen LogP contribution in [0.1, 0.15) is 12.8 Å². The molecule has 0 bridgehead atoms. The van der Waals surface area contributed by atoms with Crippen molar-refractivity contribution in [3.8, 4) is 0 Å². The van der Waals surface area contributed by atoms with Crippen LogP contribution in [-0.2, 0) is 4.74 Å². The van der Waals surface area contributed by atoms with E-state index in [4.69, 9.17) is 10.6 Å². The lowest BCUT2D eigenvalue weighted by Gasteiger charge is -2.39. The molecule has 2 aliphatic rings. The highest BCUT2D eigenvalue weighted by atomic mass is 16.5. The van der Waals surface area contributed by atoms with Gasteiger partial charge >= 0.3 is 0 Å². The van der Waals surface area contributed by atoms with E-state index in [0.717, 1.165) is 45.4 Å². The van der Waals surface area contributed by atoms with Gasteiger partial charge in [-0.25, -0.2) is 5.01 Å². The molecule has 2 fully saturated rings. The van der Waals surface area contributed by atoms with Gasteiger partial charge < -0.3 is 4.74 Å². The second kappa shape index (κ2) is 4.37. The van der Waals surface area contributed by atoms with E-state index in [0.29, 0.717) is 0 Å². The summed E-state index contributed by atoms with van der Waals surface area (Å²) in [7, 11) is 0. The largest absolute Gasteiger partial charge is 0.381 e. The van der Waals surface area contributed by atoms with E-state index in [9.17, 15) is 0 Å². The summed E-state index contributed by atoms with van der Waals surface area (Å²) in [6.45, 7) is 6.15. The highest BCUT2D eigenvalue weighted by Gasteiger charge is 2.24. The molecule has 0 spiro atoms. The minimum Gasteiger partial charge on any atom is -0.381 e. The molecule has 4 heteroatoms. The molecule has 0 amide bonds. The van der Waals surface area contributed by atoms with Gasteiger partial charge in [0.25, 0.3) is 0 Å². The molecule has 0 radical (unpaired) electrons. The van der Waals surface area contributed by atoms with Crippen LogP contribution >= 0.6 is 0 Å². The van der Waals surface area contributed by atoms with Crippen LogP contribution in [0, 0.1) is 0 Å². The lowest BCUT2D eigenvalue weighted by molar-refractivity contribution is 0.0137. The summed E-state index contributed by atoms with van der Waals surface area (Å²) in [6.07, 6.45) is 2.40. The van der Waals surface area contributed by atoms with Gasteiger partial charge in [-0.05, 0) is 12.8 Å². The third-order valence-electron chi connectivity index (χ3n) is 3.06. The SMILES string of the molecule is NN1CCN(C2CCOCC2)CC1. The zero-order valence-electron chi connectivity index (χ0n) is 8.11. The fourth-order valence-corrected chi connectivity index (χ4v) is 2.15. The Morgan fingerprint density at radius 2 is 1.62 bits per heavy atom. The Labute approximate surface area is 79.6 Å². The van der Waals surface area contributed by atoms with Gasteiger partial charge in [0.15, 0.2) is 0 Å². The third-order valence-corrected chi connectivity index (χ3v) is 3.06. The molecule has 2 aliphatic heterocycles. The Balaban J connectivity index is 1.79. The molecular weight excluding hydrogens is 166 g/mol. The summed E-state index contributed by atoms with van der Waals surface area (Å²) in [5.41, 5.74) is 0. The van der Waals surface area contributed by atoms with Crippen LogP contribution in [0.5, 0.6) is 0 Å². The zero-order valence-corrected chi connectivity index (χ0v) is 8.11. The van der Waals surface area contributed by atoms with Crippen molar-refractivity contribution < 1.29 is 4.74 Å².